The van der Waals surface area contributed by atoms with Crippen LogP contribution >= 0.6 is 22.9 Å². The van der Waals surface area contributed by atoms with Gasteiger partial charge in [0.15, 0.2) is 11.5 Å². The van der Waals surface area contributed by atoms with E-state index in [1.807, 2.05) is 0 Å². The fourth-order valence-corrected chi connectivity index (χ4v) is 5.09. The summed E-state index contributed by atoms with van der Waals surface area (Å²) in [5.41, 5.74) is 2.22. The highest BCUT2D eigenvalue weighted by Crippen LogP contribution is 2.51. The minimum atomic E-state index is -1.08. The van der Waals surface area contributed by atoms with E-state index in [9.17, 15) is 19.8 Å². The number of hydrogen-bond acceptors (Lipinski definition) is 6. The van der Waals surface area contributed by atoms with Gasteiger partial charge in [0.25, 0.3) is 0 Å². The Labute approximate surface area is 186 Å². The van der Waals surface area contributed by atoms with E-state index in [1.165, 1.54) is 14.2 Å². The van der Waals surface area contributed by atoms with Crippen LogP contribution in [0.1, 0.15) is 32.5 Å². The maximum absolute atomic E-state index is 12.6. The second-order valence-corrected chi connectivity index (χ2v) is 8.43. The zero-order chi connectivity index (χ0) is 22.3. The molecule has 1 aliphatic heterocycles. The van der Waals surface area contributed by atoms with E-state index in [0.717, 1.165) is 11.3 Å². The number of carbonyl (C=O) groups excluding carboxylic acids is 1. The first-order chi connectivity index (χ1) is 14.8. The smallest absolute Gasteiger partial charge is 0.346 e. The molecule has 0 spiro atoms. The van der Waals surface area contributed by atoms with Gasteiger partial charge in [-0.2, -0.15) is 0 Å². The molecule has 1 atom stereocenters. The van der Waals surface area contributed by atoms with Crippen molar-refractivity contribution >= 4 is 40.5 Å². The highest BCUT2D eigenvalue weighted by molar-refractivity contribution is 7.15. The van der Waals surface area contributed by atoms with Crippen LogP contribution in [0.2, 0.25) is 5.02 Å². The Kier molecular flexibility index (Phi) is 5.51. The molecule has 0 radical (unpaired) electrons. The molecule has 0 unspecified atom stereocenters. The van der Waals surface area contributed by atoms with Crippen LogP contribution in [0.4, 0.5) is 5.69 Å². The molecule has 1 amide bonds. The highest BCUT2D eigenvalue weighted by atomic mass is 35.5. The molecular formula is C22H18ClNO6S. The lowest BCUT2D eigenvalue weighted by molar-refractivity contribution is -0.116. The number of phenols is 1. The van der Waals surface area contributed by atoms with Gasteiger partial charge in [-0.3, -0.25) is 4.79 Å². The molecule has 3 aromatic rings. The van der Waals surface area contributed by atoms with Gasteiger partial charge in [-0.15, -0.1) is 11.3 Å². The van der Waals surface area contributed by atoms with Crippen molar-refractivity contribution in [2.45, 2.75) is 12.3 Å². The molecule has 31 heavy (non-hydrogen) atoms. The van der Waals surface area contributed by atoms with E-state index in [1.54, 1.807) is 36.4 Å². The monoisotopic (exact) mass is 459 g/mol. The standard InChI is InChI=1S/C22H18ClNO6S/c1-29-14-7-11(8-15(30-2)19(14)26)13-9-16(25)24-18-17(10-3-5-12(23)6-4-10)21(22(27)28)31-20(13)18/h3-8,13,26H,9H2,1-2H3,(H,24,25)(H,27,28)/t13-/m1/s1. The van der Waals surface area contributed by atoms with Gasteiger partial charge in [0.05, 0.1) is 19.9 Å². The molecule has 4 rings (SSSR count). The predicted octanol–water partition coefficient (Wildman–Crippen LogP) is 4.96. The number of benzene rings is 2. The van der Waals surface area contributed by atoms with Crippen molar-refractivity contribution < 1.29 is 29.3 Å². The van der Waals surface area contributed by atoms with E-state index in [4.69, 9.17) is 21.1 Å². The molecule has 0 bridgehead atoms. The lowest BCUT2D eigenvalue weighted by Crippen LogP contribution is -2.22. The number of aromatic carboxylic acids is 1. The molecule has 0 fully saturated rings. The molecule has 0 saturated carbocycles. The molecule has 0 aliphatic carbocycles. The van der Waals surface area contributed by atoms with Gasteiger partial charge in [0.1, 0.15) is 4.88 Å². The number of methoxy groups -OCH3 is 2. The van der Waals surface area contributed by atoms with Gasteiger partial charge in [0.2, 0.25) is 11.7 Å². The van der Waals surface area contributed by atoms with Crippen LogP contribution in [0, 0.1) is 0 Å². The second-order valence-electron chi connectivity index (χ2n) is 6.94. The number of carbonyl (C=O) groups is 2. The Morgan fingerprint density at radius 1 is 1.16 bits per heavy atom. The lowest BCUT2D eigenvalue weighted by atomic mass is 9.88. The summed E-state index contributed by atoms with van der Waals surface area (Å²) in [7, 11) is 2.84. The van der Waals surface area contributed by atoms with Crippen LogP contribution in [0.5, 0.6) is 17.2 Å². The summed E-state index contributed by atoms with van der Waals surface area (Å²) < 4.78 is 10.5. The van der Waals surface area contributed by atoms with Crippen LogP contribution in [0.3, 0.4) is 0 Å². The summed E-state index contributed by atoms with van der Waals surface area (Å²) in [4.78, 5) is 25.5. The largest absolute Gasteiger partial charge is 0.502 e. The predicted molar refractivity (Wildman–Crippen MR) is 118 cm³/mol. The number of amides is 1. The first-order valence-electron chi connectivity index (χ1n) is 9.24. The van der Waals surface area contributed by atoms with Crippen molar-refractivity contribution in [2.24, 2.45) is 0 Å². The minimum Gasteiger partial charge on any atom is -0.502 e. The number of ether oxygens (including phenoxy) is 2. The van der Waals surface area contributed by atoms with Crippen LogP contribution in [-0.2, 0) is 4.79 Å². The van der Waals surface area contributed by atoms with Gasteiger partial charge >= 0.3 is 5.97 Å². The third-order valence-electron chi connectivity index (χ3n) is 5.14. The number of phenolic OH excluding ortho intramolecular Hbond substituents is 1. The summed E-state index contributed by atoms with van der Waals surface area (Å²) in [5, 5.41) is 23.5. The fraction of sp³-hybridized carbons (Fsp3) is 0.182. The first kappa shape index (κ1) is 21.0. The van der Waals surface area contributed by atoms with Crippen LogP contribution < -0.4 is 14.8 Å². The number of rotatable bonds is 5. The zero-order valence-corrected chi connectivity index (χ0v) is 18.1. The number of nitrogens with one attached hydrogen (secondary N) is 1. The summed E-state index contributed by atoms with van der Waals surface area (Å²) in [5.74, 6) is -1.50. The molecule has 7 nitrogen and oxygen atoms in total. The van der Waals surface area contributed by atoms with Gasteiger partial charge in [0, 0.05) is 27.8 Å². The number of hydrogen-bond donors (Lipinski definition) is 3. The lowest BCUT2D eigenvalue weighted by Gasteiger charge is -2.25. The average Bonchev–Trinajstić information content (AvgIpc) is 3.13. The van der Waals surface area contributed by atoms with Gasteiger partial charge < -0.3 is 25.0 Å². The SMILES string of the molecule is COc1cc([C@H]2CC(=O)Nc3c2sc(C(=O)O)c3-c2ccc(Cl)cc2)cc(OC)c1O. The molecule has 1 aliphatic rings. The molecule has 1 aromatic heterocycles. The third kappa shape index (κ3) is 3.68. The number of aromatic hydroxyl groups is 1. The van der Waals surface area contributed by atoms with Crippen molar-refractivity contribution in [3.05, 3.63) is 56.7 Å². The number of carboxylic acids is 1. The Bertz CT molecular complexity index is 1160. The zero-order valence-electron chi connectivity index (χ0n) is 16.6. The number of fused-ring (bicyclic) bond motifs is 1. The number of halogens is 1. The van der Waals surface area contributed by atoms with E-state index >= 15 is 0 Å². The van der Waals surface area contributed by atoms with Gasteiger partial charge in [-0.25, -0.2) is 4.79 Å². The average molecular weight is 460 g/mol. The van der Waals surface area contributed by atoms with Crippen LogP contribution in [0.15, 0.2) is 36.4 Å². The quantitative estimate of drug-likeness (QED) is 0.498. The van der Waals surface area contributed by atoms with E-state index in [2.05, 4.69) is 5.32 Å². The highest BCUT2D eigenvalue weighted by Gasteiger charge is 2.35. The number of anilines is 1. The summed E-state index contributed by atoms with van der Waals surface area (Å²) >= 11 is 7.10. The summed E-state index contributed by atoms with van der Waals surface area (Å²) in [6.07, 6.45) is 0.115. The second kappa shape index (κ2) is 8.13. The molecule has 160 valence electrons. The molecule has 0 saturated heterocycles. The Balaban J connectivity index is 1.94. The van der Waals surface area contributed by atoms with Crippen molar-refractivity contribution in [2.75, 3.05) is 19.5 Å². The summed E-state index contributed by atoms with van der Waals surface area (Å²) in [6, 6.07) is 10.0. The summed E-state index contributed by atoms with van der Waals surface area (Å²) in [6.45, 7) is 0. The van der Waals surface area contributed by atoms with E-state index in [0.29, 0.717) is 32.3 Å². The number of thiophene rings is 1. The fourth-order valence-electron chi connectivity index (χ4n) is 3.71. The van der Waals surface area contributed by atoms with E-state index < -0.39 is 11.9 Å². The Morgan fingerprint density at radius 3 is 2.32 bits per heavy atom. The minimum absolute atomic E-state index is 0.115. The van der Waals surface area contributed by atoms with Gasteiger partial charge in [-0.1, -0.05) is 23.7 Å². The van der Waals surface area contributed by atoms with Crippen LogP contribution in [-0.4, -0.2) is 36.3 Å². The third-order valence-corrected chi connectivity index (χ3v) is 6.68. The number of carboxylic acid groups (broad SMARTS) is 1. The maximum atomic E-state index is 12.6. The molecule has 9 heteroatoms. The first-order valence-corrected chi connectivity index (χ1v) is 10.4. The maximum Gasteiger partial charge on any atom is 0.346 e. The topological polar surface area (TPSA) is 105 Å². The Hall–Kier alpha value is -3.23. The Morgan fingerprint density at radius 2 is 1.77 bits per heavy atom. The van der Waals surface area contributed by atoms with Crippen molar-refractivity contribution in [3.63, 3.8) is 0 Å². The van der Waals surface area contributed by atoms with E-state index in [-0.39, 0.29) is 34.5 Å². The van der Waals surface area contributed by atoms with Crippen LogP contribution in [0.25, 0.3) is 11.1 Å². The molecular weight excluding hydrogens is 442 g/mol. The normalized spacial score (nSPS) is 15.2. The molecule has 3 N–H and O–H groups in total. The van der Waals surface area contributed by atoms with Crippen molar-refractivity contribution in [3.8, 4) is 28.4 Å². The molecule has 2 aromatic carbocycles. The van der Waals surface area contributed by atoms with Crippen molar-refractivity contribution in [1.82, 2.24) is 0 Å². The van der Waals surface area contributed by atoms with Gasteiger partial charge in [-0.05, 0) is 35.4 Å². The molecule has 2 heterocycles. The van der Waals surface area contributed by atoms with Crippen molar-refractivity contribution in [1.29, 1.82) is 0 Å².